The normalized spacial score (nSPS) is 10.5. The molecule has 2 N–H and O–H groups in total. The van der Waals surface area contributed by atoms with Gasteiger partial charge in [0, 0.05) is 25.5 Å². The minimum Gasteiger partial charge on any atom is -0.330 e. The third kappa shape index (κ3) is 1.89. The summed E-state index contributed by atoms with van der Waals surface area (Å²) in [6.45, 7) is 1.15. The number of nitrogens with zero attached hydrogens (tertiary/aromatic N) is 2. The molecule has 15 heavy (non-hydrogen) atoms. The molecule has 0 unspecified atom stereocenters. The first kappa shape index (κ1) is 9.86. The summed E-state index contributed by atoms with van der Waals surface area (Å²) in [6.07, 6.45) is 3.45. The first-order valence-electron chi connectivity index (χ1n) is 4.79. The van der Waals surface area contributed by atoms with Gasteiger partial charge >= 0.3 is 0 Å². The number of nitrogens with two attached hydrogens (primary N) is 1. The molecule has 1 heterocycles. The molecule has 0 radical (unpaired) electrons. The van der Waals surface area contributed by atoms with Crippen molar-refractivity contribution >= 4 is 0 Å². The van der Waals surface area contributed by atoms with E-state index in [9.17, 15) is 4.39 Å². The van der Waals surface area contributed by atoms with Crippen molar-refractivity contribution in [1.82, 2.24) is 9.55 Å². The Hall–Kier alpha value is -1.68. The van der Waals surface area contributed by atoms with Crippen LogP contribution in [-0.2, 0) is 6.54 Å². The fraction of sp³-hybridized carbons (Fsp3) is 0.182. The summed E-state index contributed by atoms with van der Waals surface area (Å²) < 4.78 is 15.3. The van der Waals surface area contributed by atoms with Crippen LogP contribution in [0.3, 0.4) is 0 Å². The van der Waals surface area contributed by atoms with E-state index in [0.29, 0.717) is 24.5 Å². The van der Waals surface area contributed by atoms with Crippen LogP contribution in [0.4, 0.5) is 4.39 Å². The van der Waals surface area contributed by atoms with Gasteiger partial charge in [-0.2, -0.15) is 0 Å². The highest BCUT2D eigenvalue weighted by Crippen LogP contribution is 2.20. The number of aromatic nitrogens is 2. The summed E-state index contributed by atoms with van der Waals surface area (Å²) in [5.74, 6) is 0.362. The number of hydrogen-bond acceptors (Lipinski definition) is 2. The van der Waals surface area contributed by atoms with Gasteiger partial charge in [-0.3, -0.25) is 0 Å². The van der Waals surface area contributed by atoms with Crippen molar-refractivity contribution in [1.29, 1.82) is 0 Å². The van der Waals surface area contributed by atoms with Crippen LogP contribution in [0, 0.1) is 5.82 Å². The number of imidazole rings is 1. The number of benzene rings is 1. The summed E-state index contributed by atoms with van der Waals surface area (Å²) in [5.41, 5.74) is 5.97. The lowest BCUT2D eigenvalue weighted by Crippen LogP contribution is -2.10. The summed E-state index contributed by atoms with van der Waals surface area (Å²) in [6, 6.07) is 6.59. The maximum Gasteiger partial charge on any atom is 0.142 e. The molecule has 0 atom stereocenters. The first-order chi connectivity index (χ1) is 7.33. The Kier molecular flexibility index (Phi) is 2.78. The van der Waals surface area contributed by atoms with Gasteiger partial charge in [0.15, 0.2) is 0 Å². The third-order valence-electron chi connectivity index (χ3n) is 2.20. The fourth-order valence-electron chi connectivity index (χ4n) is 1.52. The van der Waals surface area contributed by atoms with Gasteiger partial charge in [0.05, 0.1) is 5.56 Å². The molecule has 2 rings (SSSR count). The van der Waals surface area contributed by atoms with E-state index in [1.807, 2.05) is 4.57 Å². The van der Waals surface area contributed by atoms with Crippen molar-refractivity contribution in [2.24, 2.45) is 5.73 Å². The molecular weight excluding hydrogens is 193 g/mol. The predicted octanol–water partition coefficient (Wildman–Crippen LogP) is 1.65. The molecule has 78 valence electrons. The van der Waals surface area contributed by atoms with E-state index in [4.69, 9.17) is 5.73 Å². The van der Waals surface area contributed by atoms with Crippen molar-refractivity contribution in [3.63, 3.8) is 0 Å². The molecular formula is C11H12FN3. The van der Waals surface area contributed by atoms with E-state index in [1.165, 1.54) is 6.07 Å². The van der Waals surface area contributed by atoms with Crippen LogP contribution in [0.2, 0.25) is 0 Å². The Balaban J connectivity index is 2.45. The second-order valence-electron chi connectivity index (χ2n) is 3.21. The quantitative estimate of drug-likeness (QED) is 0.828. The molecule has 0 aliphatic heterocycles. The minimum atomic E-state index is -0.262. The van der Waals surface area contributed by atoms with Crippen molar-refractivity contribution in [3.05, 3.63) is 42.5 Å². The van der Waals surface area contributed by atoms with Crippen LogP contribution in [-0.4, -0.2) is 16.1 Å². The average Bonchev–Trinajstić information content (AvgIpc) is 2.67. The van der Waals surface area contributed by atoms with Gasteiger partial charge in [0.2, 0.25) is 0 Å². The smallest absolute Gasteiger partial charge is 0.142 e. The van der Waals surface area contributed by atoms with E-state index < -0.39 is 0 Å². The zero-order valence-electron chi connectivity index (χ0n) is 8.23. The van der Waals surface area contributed by atoms with Crippen LogP contribution in [0.1, 0.15) is 0 Å². The number of hydrogen-bond donors (Lipinski definition) is 1. The summed E-state index contributed by atoms with van der Waals surface area (Å²) >= 11 is 0. The zero-order valence-corrected chi connectivity index (χ0v) is 8.23. The molecule has 0 saturated carbocycles. The molecule has 0 spiro atoms. The fourth-order valence-corrected chi connectivity index (χ4v) is 1.52. The van der Waals surface area contributed by atoms with Crippen LogP contribution in [0.15, 0.2) is 36.7 Å². The molecule has 1 aromatic heterocycles. The Morgan fingerprint density at radius 3 is 2.87 bits per heavy atom. The topological polar surface area (TPSA) is 43.8 Å². The molecule has 0 aliphatic rings. The van der Waals surface area contributed by atoms with Gasteiger partial charge in [-0.15, -0.1) is 0 Å². The van der Waals surface area contributed by atoms with Crippen LogP contribution in [0.5, 0.6) is 0 Å². The van der Waals surface area contributed by atoms with E-state index in [1.54, 1.807) is 30.6 Å². The summed E-state index contributed by atoms with van der Waals surface area (Å²) in [7, 11) is 0. The molecule has 0 saturated heterocycles. The lowest BCUT2D eigenvalue weighted by atomic mass is 10.2. The van der Waals surface area contributed by atoms with Crippen molar-refractivity contribution in [3.8, 4) is 11.4 Å². The molecule has 0 bridgehead atoms. The minimum absolute atomic E-state index is 0.262. The van der Waals surface area contributed by atoms with E-state index in [0.717, 1.165) is 0 Å². The highest BCUT2D eigenvalue weighted by atomic mass is 19.1. The molecule has 2 aromatic rings. The van der Waals surface area contributed by atoms with Gasteiger partial charge in [-0.1, -0.05) is 12.1 Å². The Morgan fingerprint density at radius 1 is 1.33 bits per heavy atom. The zero-order chi connectivity index (χ0) is 10.7. The molecule has 0 amide bonds. The molecule has 0 fully saturated rings. The molecule has 1 aromatic carbocycles. The predicted molar refractivity (Wildman–Crippen MR) is 56.7 cm³/mol. The van der Waals surface area contributed by atoms with E-state index in [-0.39, 0.29) is 5.82 Å². The standard InChI is InChI=1S/C11H12FN3/c12-10-4-2-1-3-9(10)11-14-6-8-15(11)7-5-13/h1-4,6,8H,5,7,13H2. The third-order valence-corrected chi connectivity index (χ3v) is 2.20. The van der Waals surface area contributed by atoms with Crippen molar-refractivity contribution in [2.75, 3.05) is 6.54 Å². The first-order valence-corrected chi connectivity index (χ1v) is 4.79. The van der Waals surface area contributed by atoms with Crippen molar-refractivity contribution < 1.29 is 4.39 Å². The second kappa shape index (κ2) is 4.23. The Bertz CT molecular complexity index is 451. The van der Waals surface area contributed by atoms with Gasteiger partial charge < -0.3 is 10.3 Å². The summed E-state index contributed by atoms with van der Waals surface area (Å²) in [5, 5.41) is 0. The van der Waals surface area contributed by atoms with Gasteiger partial charge in [0.1, 0.15) is 11.6 Å². The molecule has 4 heteroatoms. The van der Waals surface area contributed by atoms with Crippen LogP contribution < -0.4 is 5.73 Å². The van der Waals surface area contributed by atoms with E-state index >= 15 is 0 Å². The maximum atomic E-state index is 13.5. The monoisotopic (exact) mass is 205 g/mol. The van der Waals surface area contributed by atoms with E-state index in [2.05, 4.69) is 4.98 Å². The van der Waals surface area contributed by atoms with Gasteiger partial charge in [-0.05, 0) is 12.1 Å². The lowest BCUT2D eigenvalue weighted by molar-refractivity contribution is 0.626. The number of halogens is 1. The van der Waals surface area contributed by atoms with Crippen molar-refractivity contribution in [2.45, 2.75) is 6.54 Å². The summed E-state index contributed by atoms with van der Waals surface area (Å²) in [4.78, 5) is 4.13. The highest BCUT2D eigenvalue weighted by molar-refractivity contribution is 5.56. The highest BCUT2D eigenvalue weighted by Gasteiger charge is 2.09. The SMILES string of the molecule is NCCn1ccnc1-c1ccccc1F. The second-order valence-corrected chi connectivity index (χ2v) is 3.21. The van der Waals surface area contributed by atoms with Crippen LogP contribution >= 0.6 is 0 Å². The maximum absolute atomic E-state index is 13.5. The Labute approximate surface area is 87.4 Å². The average molecular weight is 205 g/mol. The lowest BCUT2D eigenvalue weighted by Gasteiger charge is -2.06. The van der Waals surface area contributed by atoms with Gasteiger partial charge in [0.25, 0.3) is 0 Å². The number of rotatable bonds is 3. The Morgan fingerprint density at radius 2 is 2.13 bits per heavy atom. The van der Waals surface area contributed by atoms with Gasteiger partial charge in [-0.25, -0.2) is 9.37 Å². The molecule has 3 nitrogen and oxygen atoms in total. The van der Waals surface area contributed by atoms with Crippen LogP contribution in [0.25, 0.3) is 11.4 Å². The largest absolute Gasteiger partial charge is 0.330 e. The molecule has 0 aliphatic carbocycles.